The van der Waals surface area contributed by atoms with Gasteiger partial charge in [0, 0.05) is 23.7 Å². The zero-order valence-corrected chi connectivity index (χ0v) is 25.3. The van der Waals surface area contributed by atoms with Crippen molar-refractivity contribution in [3.63, 3.8) is 0 Å². The summed E-state index contributed by atoms with van der Waals surface area (Å²) in [6.07, 6.45) is 5.30. The molecular formula is C33H38F2N4O4. The lowest BCUT2D eigenvalue weighted by molar-refractivity contribution is -0.114. The Bertz CT molecular complexity index is 1650. The Kier molecular flexibility index (Phi) is 8.92. The smallest absolute Gasteiger partial charge is 0.335 e. The molecule has 0 spiro atoms. The minimum atomic E-state index is -0.921. The summed E-state index contributed by atoms with van der Waals surface area (Å²) in [6.45, 7) is 8.57. The summed E-state index contributed by atoms with van der Waals surface area (Å²) >= 11 is 0. The molecule has 0 saturated heterocycles. The van der Waals surface area contributed by atoms with Gasteiger partial charge in [-0.2, -0.15) is 0 Å². The Morgan fingerprint density at radius 1 is 1.23 bits per heavy atom. The number of nitrogens with two attached hydrogens (primary N) is 1. The molecule has 8 nitrogen and oxygen atoms in total. The van der Waals surface area contributed by atoms with Crippen LogP contribution < -0.4 is 10.6 Å². The van der Waals surface area contributed by atoms with Crippen molar-refractivity contribution in [3.8, 4) is 0 Å². The van der Waals surface area contributed by atoms with Gasteiger partial charge in [-0.3, -0.25) is 14.5 Å². The number of hydrogen-bond acceptors (Lipinski definition) is 4. The van der Waals surface area contributed by atoms with Crippen LogP contribution in [0.25, 0.3) is 10.9 Å². The van der Waals surface area contributed by atoms with Gasteiger partial charge in [-0.05, 0) is 101 Å². The Morgan fingerprint density at radius 2 is 1.93 bits per heavy atom. The van der Waals surface area contributed by atoms with Crippen LogP contribution in [0.5, 0.6) is 0 Å². The Hall–Kier alpha value is -4.31. The number of allylic oxidation sites excluding steroid dienone is 3. The number of aromatic amines is 1. The van der Waals surface area contributed by atoms with E-state index in [-0.39, 0.29) is 34.9 Å². The van der Waals surface area contributed by atoms with E-state index in [1.165, 1.54) is 19.2 Å². The molecule has 0 bridgehead atoms. The number of imide groups is 1. The SMILES string of the molecule is C/C=C\C(=C(\C)Cc1c(F)cc(C(N)=O)c2[nH]c3c(c12)CCC(C(C)(C)O)C3)N(C=O)C(=O)N(C)c1c(C)cccc1F. The van der Waals surface area contributed by atoms with Crippen LogP contribution in [0.3, 0.4) is 0 Å². The molecule has 10 heteroatoms. The van der Waals surface area contributed by atoms with E-state index < -0.39 is 29.2 Å². The Balaban J connectivity index is 1.84. The highest BCUT2D eigenvalue weighted by molar-refractivity contribution is 6.07. The maximum Gasteiger partial charge on any atom is 0.335 e. The van der Waals surface area contributed by atoms with Crippen LogP contribution in [0.4, 0.5) is 19.3 Å². The first-order chi connectivity index (χ1) is 20.2. The monoisotopic (exact) mass is 592 g/mol. The molecule has 0 aliphatic heterocycles. The molecule has 4 N–H and O–H groups in total. The standard InChI is InChI=1S/C33H38F2N4O4/c1-7-9-27(39(17-40)32(42)38(6)30-18(2)10-8-11-24(30)34)19(3)14-22-25(35)16-23(31(36)41)29-28(22)21-13-12-20(33(4,5)43)15-26(21)37-29/h7-11,16-17,20,37,43H,12-15H2,1-6H3,(H2,36,41)/b9-7-,27-19+. The van der Waals surface area contributed by atoms with Crippen molar-refractivity contribution in [1.82, 2.24) is 9.88 Å². The van der Waals surface area contributed by atoms with E-state index in [4.69, 9.17) is 5.73 Å². The topological polar surface area (TPSA) is 120 Å². The number of rotatable bonds is 8. The van der Waals surface area contributed by atoms with Crippen LogP contribution in [0.15, 0.2) is 47.7 Å². The number of aliphatic hydroxyl groups is 1. The second kappa shape index (κ2) is 12.1. The number of primary amides is 1. The van der Waals surface area contributed by atoms with Gasteiger partial charge in [0.2, 0.25) is 6.41 Å². The van der Waals surface area contributed by atoms with E-state index in [1.807, 2.05) is 0 Å². The minimum absolute atomic E-state index is 0.000321. The van der Waals surface area contributed by atoms with Crippen molar-refractivity contribution in [2.75, 3.05) is 11.9 Å². The van der Waals surface area contributed by atoms with Crippen molar-refractivity contribution in [2.45, 2.75) is 65.9 Å². The van der Waals surface area contributed by atoms with Crippen LogP contribution in [-0.4, -0.2) is 46.0 Å². The average molecular weight is 593 g/mol. The number of aromatic nitrogens is 1. The van der Waals surface area contributed by atoms with E-state index in [9.17, 15) is 23.9 Å². The highest BCUT2D eigenvalue weighted by Gasteiger charge is 2.34. The molecule has 1 aliphatic rings. The van der Waals surface area contributed by atoms with Gasteiger partial charge in [0.1, 0.15) is 11.6 Å². The van der Waals surface area contributed by atoms with Crippen molar-refractivity contribution in [1.29, 1.82) is 0 Å². The highest BCUT2D eigenvalue weighted by atomic mass is 19.1. The molecule has 0 radical (unpaired) electrons. The Morgan fingerprint density at radius 3 is 2.51 bits per heavy atom. The molecule has 228 valence electrons. The minimum Gasteiger partial charge on any atom is -0.390 e. The van der Waals surface area contributed by atoms with E-state index in [0.717, 1.165) is 27.1 Å². The van der Waals surface area contributed by atoms with E-state index >= 15 is 4.39 Å². The van der Waals surface area contributed by atoms with Crippen LogP contribution in [0.2, 0.25) is 0 Å². The fourth-order valence-electron chi connectivity index (χ4n) is 6.07. The van der Waals surface area contributed by atoms with Gasteiger partial charge in [0.05, 0.1) is 28.1 Å². The lowest BCUT2D eigenvalue weighted by Crippen LogP contribution is -2.40. The predicted octanol–water partition coefficient (Wildman–Crippen LogP) is 5.84. The van der Waals surface area contributed by atoms with E-state index in [1.54, 1.807) is 52.8 Å². The summed E-state index contributed by atoms with van der Waals surface area (Å²) in [5.41, 5.74) is 8.35. The number of para-hydroxylation sites is 1. The summed E-state index contributed by atoms with van der Waals surface area (Å²) in [7, 11) is 1.38. The molecular weight excluding hydrogens is 554 g/mol. The quantitative estimate of drug-likeness (QED) is 0.225. The summed E-state index contributed by atoms with van der Waals surface area (Å²) in [5.74, 6) is -2.07. The van der Waals surface area contributed by atoms with Gasteiger partial charge in [-0.15, -0.1) is 0 Å². The maximum absolute atomic E-state index is 15.8. The number of anilines is 1. The fraction of sp³-hybridized carbons (Fsp3) is 0.364. The number of carbonyl (C=O) groups excluding carboxylic acids is 3. The molecule has 1 unspecified atom stereocenters. The van der Waals surface area contributed by atoms with Gasteiger partial charge in [-0.1, -0.05) is 18.2 Å². The lowest BCUT2D eigenvalue weighted by Gasteiger charge is -2.32. The zero-order chi connectivity index (χ0) is 31.8. The molecule has 0 saturated carbocycles. The number of nitrogens with one attached hydrogen (secondary N) is 1. The highest BCUT2D eigenvalue weighted by Crippen LogP contribution is 2.40. The van der Waals surface area contributed by atoms with Crippen LogP contribution in [-0.2, 0) is 24.1 Å². The fourth-order valence-corrected chi connectivity index (χ4v) is 6.07. The maximum atomic E-state index is 15.8. The summed E-state index contributed by atoms with van der Waals surface area (Å²) in [5, 5.41) is 11.2. The van der Waals surface area contributed by atoms with Gasteiger partial charge >= 0.3 is 6.03 Å². The molecule has 0 fully saturated rings. The first-order valence-electron chi connectivity index (χ1n) is 14.2. The van der Waals surface area contributed by atoms with Crippen molar-refractivity contribution in [3.05, 3.63) is 87.3 Å². The molecule has 1 aromatic heterocycles. The number of benzene rings is 2. The molecule has 1 aliphatic carbocycles. The third-order valence-corrected chi connectivity index (χ3v) is 8.37. The summed E-state index contributed by atoms with van der Waals surface area (Å²) in [6, 6.07) is 4.74. The molecule has 4 amide bonds. The molecule has 4 rings (SSSR count). The molecule has 1 atom stereocenters. The van der Waals surface area contributed by atoms with Crippen molar-refractivity contribution in [2.24, 2.45) is 11.7 Å². The first kappa shape index (κ1) is 31.6. The number of halogens is 2. The molecule has 1 heterocycles. The van der Waals surface area contributed by atoms with Crippen LogP contribution in [0.1, 0.15) is 66.9 Å². The lowest BCUT2D eigenvalue weighted by atomic mass is 9.77. The second-order valence-electron chi connectivity index (χ2n) is 11.7. The molecule has 2 aromatic carbocycles. The summed E-state index contributed by atoms with van der Waals surface area (Å²) < 4.78 is 30.5. The van der Waals surface area contributed by atoms with Crippen LogP contribution in [0, 0.1) is 24.5 Å². The predicted molar refractivity (Wildman–Crippen MR) is 163 cm³/mol. The number of amides is 4. The number of nitrogens with zero attached hydrogens (tertiary/aromatic N) is 2. The van der Waals surface area contributed by atoms with Gasteiger partial charge in [0.25, 0.3) is 5.91 Å². The average Bonchev–Trinajstić information content (AvgIpc) is 3.32. The largest absolute Gasteiger partial charge is 0.390 e. The van der Waals surface area contributed by atoms with Gasteiger partial charge in [-0.25, -0.2) is 18.5 Å². The summed E-state index contributed by atoms with van der Waals surface area (Å²) in [4.78, 5) is 43.4. The second-order valence-corrected chi connectivity index (χ2v) is 11.7. The zero-order valence-electron chi connectivity index (χ0n) is 25.3. The number of urea groups is 1. The normalized spacial score (nSPS) is 15.8. The van der Waals surface area contributed by atoms with E-state index in [2.05, 4.69) is 4.98 Å². The number of carbonyl (C=O) groups is 3. The first-order valence-corrected chi connectivity index (χ1v) is 14.2. The van der Waals surface area contributed by atoms with Gasteiger partial charge < -0.3 is 15.8 Å². The number of H-pyrrole nitrogens is 1. The third kappa shape index (κ3) is 5.97. The molecule has 3 aromatic rings. The van der Waals surface area contributed by atoms with Gasteiger partial charge in [0.15, 0.2) is 0 Å². The Labute approximate surface area is 249 Å². The number of hydrogen-bond donors (Lipinski definition) is 3. The number of aryl methyl sites for hydroxylation is 2. The third-order valence-electron chi connectivity index (χ3n) is 8.37. The van der Waals surface area contributed by atoms with Crippen molar-refractivity contribution >= 4 is 34.9 Å². The van der Waals surface area contributed by atoms with Crippen LogP contribution >= 0.6 is 0 Å². The van der Waals surface area contributed by atoms with Crippen molar-refractivity contribution < 1.29 is 28.3 Å². The molecule has 43 heavy (non-hydrogen) atoms. The number of fused-ring (bicyclic) bond motifs is 3. The van der Waals surface area contributed by atoms with E-state index in [0.29, 0.717) is 47.7 Å².